The standard InChI is InChI=1S/C15H11.C10H9.C6H5.3CH3.H2Si.Zr/c1-2-6-12(7-3-1)14-10-4-8-13-9-5-11-15(13)14;1-8-6-9-4-2-3-5-10(9)7-8;1-2-4-6-5-3-1;;;;;/h1-11H;2-7H,1H3;1-5H;3*1H3;1H2;. The third-order valence-corrected chi connectivity index (χ3v) is 42.6. The first-order valence-electron chi connectivity index (χ1n) is 13.2. The zero-order valence-electron chi connectivity index (χ0n) is 21.9. The molecule has 0 N–H and O–H groups in total. The second-order valence-electron chi connectivity index (χ2n) is 14.4. The van der Waals surface area contributed by atoms with Crippen molar-refractivity contribution < 1.29 is 14.4 Å². The summed E-state index contributed by atoms with van der Waals surface area (Å²) >= 11 is -5.06. The van der Waals surface area contributed by atoms with Crippen LogP contribution in [-0.4, -0.2) is 6.88 Å². The Kier molecular flexibility index (Phi) is 4.54. The molecule has 0 spiro atoms. The molecule has 0 aliphatic heterocycles. The van der Waals surface area contributed by atoms with Gasteiger partial charge in [-0.25, -0.2) is 0 Å². The maximum atomic E-state index is 2.74. The normalized spacial score (nSPS) is 21.4. The molecule has 4 aromatic rings. The summed E-state index contributed by atoms with van der Waals surface area (Å²) in [5, 5.41) is 0. The summed E-state index contributed by atoms with van der Waals surface area (Å²) in [5.74, 6) is 0. The second-order valence-corrected chi connectivity index (χ2v) is 68.2. The van der Waals surface area contributed by atoms with Crippen LogP contribution < -0.4 is 3.27 Å². The van der Waals surface area contributed by atoms with Crippen LogP contribution in [0.2, 0.25) is 13.9 Å². The van der Waals surface area contributed by atoms with Crippen LogP contribution in [0.5, 0.6) is 0 Å². The van der Waals surface area contributed by atoms with Crippen molar-refractivity contribution >= 4 is 22.3 Å². The average Bonchev–Trinajstić information content (AvgIpc) is 3.47. The van der Waals surface area contributed by atoms with Gasteiger partial charge >= 0.3 is 213 Å². The van der Waals surface area contributed by atoms with Gasteiger partial charge in [-0.3, -0.25) is 0 Å². The van der Waals surface area contributed by atoms with Gasteiger partial charge in [-0.05, 0) is 0 Å². The molecule has 180 valence electrons. The Labute approximate surface area is 211 Å². The number of hydrogen-bond acceptors (Lipinski definition) is 0. The molecule has 0 bridgehead atoms. The Morgan fingerprint density at radius 1 is 0.667 bits per heavy atom. The minimum atomic E-state index is -5.06. The summed E-state index contributed by atoms with van der Waals surface area (Å²) in [6, 6.07) is 38.5. The van der Waals surface area contributed by atoms with Crippen molar-refractivity contribution in [2.75, 3.05) is 0 Å². The summed E-state index contributed by atoms with van der Waals surface area (Å²) in [6.07, 6.45) is 7.47. The Balaban J connectivity index is 1.72. The second kappa shape index (κ2) is 6.85. The monoisotopic (exact) mass is 562 g/mol. The molecule has 2 aliphatic carbocycles. The van der Waals surface area contributed by atoms with Gasteiger partial charge in [-0.15, -0.1) is 0 Å². The maximum absolute atomic E-state index is 5.06. The molecule has 0 nitrogen and oxygen atoms in total. The molecule has 0 fully saturated rings. The van der Waals surface area contributed by atoms with Gasteiger partial charge in [-0.1, -0.05) is 0 Å². The van der Waals surface area contributed by atoms with Crippen molar-refractivity contribution in [2.45, 2.75) is 28.1 Å². The molecule has 36 heavy (non-hydrogen) atoms. The Bertz CT molecular complexity index is 1710. The van der Waals surface area contributed by atoms with Gasteiger partial charge in [0.05, 0.1) is 0 Å². The van der Waals surface area contributed by atoms with E-state index in [1.807, 2.05) is 0 Å². The van der Waals surface area contributed by atoms with Crippen molar-refractivity contribution in [1.82, 2.24) is 0 Å². The number of hydrogen-bond donors (Lipinski definition) is 0. The van der Waals surface area contributed by atoms with E-state index >= 15 is 0 Å². The molecule has 2 unspecified atom stereocenters. The predicted octanol–water partition coefficient (Wildman–Crippen LogP) is 8.36. The number of fused-ring (bicyclic) bond motifs is 2. The molecule has 2 aliphatic rings. The molecule has 0 saturated heterocycles. The molecular weight excluding hydrogens is 528 g/mol. The third kappa shape index (κ3) is 2.95. The van der Waals surface area contributed by atoms with Crippen molar-refractivity contribution in [3.05, 3.63) is 137 Å². The molecular formula is C34H36SiZr. The summed E-state index contributed by atoms with van der Waals surface area (Å²) in [6.45, 7) is 4.79. The zero-order valence-corrected chi connectivity index (χ0v) is 25.8. The first-order valence-corrected chi connectivity index (χ1v) is 30.6. The molecule has 2 heteroatoms. The number of rotatable bonds is 4. The first-order chi connectivity index (χ1) is 17.0. The van der Waals surface area contributed by atoms with E-state index in [1.165, 1.54) is 39.0 Å². The predicted molar refractivity (Wildman–Crippen MR) is 159 cm³/mol. The zero-order chi connectivity index (χ0) is 25.3. The van der Waals surface area contributed by atoms with Crippen molar-refractivity contribution in [2.24, 2.45) is 0 Å². The summed E-state index contributed by atoms with van der Waals surface area (Å²) in [5.41, 5.74) is 9.91. The Hall–Kier alpha value is -2.54. The summed E-state index contributed by atoms with van der Waals surface area (Å²) < 4.78 is 10.5. The van der Waals surface area contributed by atoms with Gasteiger partial charge < -0.3 is 0 Å². The van der Waals surface area contributed by atoms with Gasteiger partial charge in [0.2, 0.25) is 0 Å². The summed E-state index contributed by atoms with van der Waals surface area (Å²) in [4.78, 5) is 0. The summed E-state index contributed by atoms with van der Waals surface area (Å²) in [7, 11) is 0. The molecule has 2 atom stereocenters. The van der Waals surface area contributed by atoms with E-state index in [9.17, 15) is 0 Å². The fourth-order valence-electron chi connectivity index (χ4n) is 8.50. The molecule has 0 radical (unpaired) electrons. The van der Waals surface area contributed by atoms with E-state index in [4.69, 9.17) is 0 Å². The average molecular weight is 564 g/mol. The number of allylic oxidation sites excluding steroid dienone is 2. The third-order valence-electron chi connectivity index (χ3n) is 10.2. The van der Waals surface area contributed by atoms with Gasteiger partial charge in [0.25, 0.3) is 0 Å². The quantitative estimate of drug-likeness (QED) is 0.219. The fraction of sp³-hybridized carbons (Fsp3) is 0.176. The van der Waals surface area contributed by atoms with Crippen LogP contribution in [0.1, 0.15) is 36.4 Å². The van der Waals surface area contributed by atoms with E-state index in [2.05, 4.69) is 149 Å². The SMILES string of the molecule is CC1=Cc2ccccc2[CH]1[Zr]([CH3])([CH3])([CH3])(=[SiH2])([c]1ccccc1)[CH]1C=Cc2c(-c3ccccc3)cccc21. The Morgan fingerprint density at radius 3 is 2.00 bits per heavy atom. The minimum absolute atomic E-state index is 0.334. The molecule has 4 aromatic carbocycles. The van der Waals surface area contributed by atoms with Gasteiger partial charge in [0, 0.05) is 0 Å². The van der Waals surface area contributed by atoms with Crippen LogP contribution in [0.15, 0.2) is 115 Å². The van der Waals surface area contributed by atoms with E-state index in [0.29, 0.717) is 7.25 Å². The van der Waals surface area contributed by atoms with Crippen molar-refractivity contribution in [3.63, 3.8) is 0 Å². The molecule has 6 rings (SSSR count). The van der Waals surface area contributed by atoms with Crippen LogP contribution in [0.25, 0.3) is 23.3 Å². The van der Waals surface area contributed by atoms with E-state index in [-0.39, 0.29) is 0 Å². The topological polar surface area (TPSA) is 0 Å². The molecule has 0 aromatic heterocycles. The molecule has 0 heterocycles. The van der Waals surface area contributed by atoms with Gasteiger partial charge in [-0.2, -0.15) is 0 Å². The van der Waals surface area contributed by atoms with Crippen molar-refractivity contribution in [3.8, 4) is 11.1 Å². The molecule has 0 amide bonds. The van der Waals surface area contributed by atoms with E-state index < -0.39 is 14.4 Å². The fourth-order valence-corrected chi connectivity index (χ4v) is 38.9. The van der Waals surface area contributed by atoms with Crippen LogP contribution in [-0.2, 0) is 14.4 Å². The van der Waals surface area contributed by atoms with E-state index in [0.717, 1.165) is 0 Å². The van der Waals surface area contributed by atoms with Crippen LogP contribution in [0.4, 0.5) is 0 Å². The van der Waals surface area contributed by atoms with Gasteiger partial charge in [0.1, 0.15) is 0 Å². The van der Waals surface area contributed by atoms with Crippen LogP contribution >= 0.6 is 0 Å². The Morgan fingerprint density at radius 2 is 1.28 bits per heavy atom. The first kappa shape index (κ1) is 23.8. The number of benzene rings is 4. The molecule has 0 saturated carbocycles. The van der Waals surface area contributed by atoms with E-state index in [1.54, 1.807) is 3.27 Å². The van der Waals surface area contributed by atoms with Crippen LogP contribution in [0, 0.1) is 0 Å². The van der Waals surface area contributed by atoms with Crippen molar-refractivity contribution in [1.29, 1.82) is 0 Å². The van der Waals surface area contributed by atoms with Crippen LogP contribution in [0.3, 0.4) is 0 Å². The van der Waals surface area contributed by atoms with Gasteiger partial charge in [0.15, 0.2) is 0 Å².